The second-order valence-corrected chi connectivity index (χ2v) is 7.76. The zero-order chi connectivity index (χ0) is 17.1. The van der Waals surface area contributed by atoms with Crippen LogP contribution in [0.3, 0.4) is 0 Å². The smallest absolute Gasteiger partial charge is 0.236 e. The van der Waals surface area contributed by atoms with Gasteiger partial charge in [0.1, 0.15) is 5.82 Å². The Kier molecular flexibility index (Phi) is 5.15. The molecule has 1 aromatic heterocycles. The molecule has 1 saturated carbocycles. The minimum Gasteiger partial charge on any atom is -0.352 e. The van der Waals surface area contributed by atoms with Crippen molar-refractivity contribution in [1.29, 1.82) is 0 Å². The molecule has 1 aromatic rings. The molecule has 0 radical (unpaired) electrons. The molecule has 0 bridgehead atoms. The summed E-state index contributed by atoms with van der Waals surface area (Å²) in [5.41, 5.74) is 0. The number of anilines is 1. The van der Waals surface area contributed by atoms with E-state index < -0.39 is 0 Å². The van der Waals surface area contributed by atoms with Gasteiger partial charge in [-0.2, -0.15) is 0 Å². The summed E-state index contributed by atoms with van der Waals surface area (Å²) in [5, 5.41) is 0. The molecule has 2 saturated heterocycles. The fourth-order valence-electron chi connectivity index (χ4n) is 4.75. The highest BCUT2D eigenvalue weighted by molar-refractivity contribution is 5.78. The van der Waals surface area contributed by atoms with E-state index >= 15 is 0 Å². The van der Waals surface area contributed by atoms with Crippen LogP contribution in [0.15, 0.2) is 18.6 Å². The number of hydrogen-bond acceptors (Lipinski definition) is 5. The highest BCUT2D eigenvalue weighted by atomic mass is 16.2. The van der Waals surface area contributed by atoms with Gasteiger partial charge >= 0.3 is 0 Å². The number of nitrogens with zero attached hydrogens (tertiary/aromatic N) is 5. The van der Waals surface area contributed by atoms with Crippen LogP contribution in [0.4, 0.5) is 5.82 Å². The lowest BCUT2D eigenvalue weighted by Gasteiger charge is -2.42. The van der Waals surface area contributed by atoms with Gasteiger partial charge < -0.3 is 9.80 Å². The molecular formula is C19H29N5O. The third-order valence-electron chi connectivity index (χ3n) is 6.24. The molecule has 3 heterocycles. The molecule has 136 valence electrons. The number of piperazine rings is 1. The largest absolute Gasteiger partial charge is 0.352 e. The predicted molar refractivity (Wildman–Crippen MR) is 97.3 cm³/mol. The number of hydrogen-bond donors (Lipinski definition) is 0. The molecule has 2 atom stereocenters. The summed E-state index contributed by atoms with van der Waals surface area (Å²) in [7, 11) is 0. The maximum Gasteiger partial charge on any atom is 0.236 e. The van der Waals surface area contributed by atoms with E-state index in [4.69, 9.17) is 0 Å². The number of piperidine rings is 1. The second-order valence-electron chi connectivity index (χ2n) is 7.76. The molecule has 6 nitrogen and oxygen atoms in total. The number of aromatic nitrogens is 2. The van der Waals surface area contributed by atoms with Gasteiger partial charge in [0, 0.05) is 45.1 Å². The third-order valence-corrected chi connectivity index (χ3v) is 6.24. The van der Waals surface area contributed by atoms with E-state index in [0.29, 0.717) is 12.5 Å². The Morgan fingerprint density at radius 1 is 1.00 bits per heavy atom. The summed E-state index contributed by atoms with van der Waals surface area (Å²) in [6.07, 6.45) is 12.1. The van der Waals surface area contributed by atoms with Crippen LogP contribution in [0.2, 0.25) is 0 Å². The quantitative estimate of drug-likeness (QED) is 0.835. The summed E-state index contributed by atoms with van der Waals surface area (Å²) in [6, 6.07) is 0. The fourth-order valence-corrected chi connectivity index (χ4v) is 4.75. The minimum atomic E-state index is 0.299. The first kappa shape index (κ1) is 16.8. The molecule has 3 aliphatic rings. The summed E-state index contributed by atoms with van der Waals surface area (Å²) < 4.78 is 0. The van der Waals surface area contributed by atoms with Crippen molar-refractivity contribution in [1.82, 2.24) is 19.8 Å². The van der Waals surface area contributed by atoms with E-state index in [1.807, 2.05) is 4.90 Å². The van der Waals surface area contributed by atoms with Crippen molar-refractivity contribution in [2.24, 2.45) is 11.8 Å². The Morgan fingerprint density at radius 3 is 2.56 bits per heavy atom. The third kappa shape index (κ3) is 3.94. The lowest BCUT2D eigenvalue weighted by Crippen LogP contribution is -2.53. The highest BCUT2D eigenvalue weighted by Gasteiger charge is 2.32. The Balaban J connectivity index is 1.25. The van der Waals surface area contributed by atoms with Crippen molar-refractivity contribution in [3.05, 3.63) is 18.6 Å². The first-order valence-corrected chi connectivity index (χ1v) is 9.81. The van der Waals surface area contributed by atoms with Gasteiger partial charge in [0.2, 0.25) is 5.91 Å². The zero-order valence-electron chi connectivity index (χ0n) is 15.0. The molecule has 6 heteroatoms. The lowest BCUT2D eigenvalue weighted by molar-refractivity contribution is -0.133. The summed E-state index contributed by atoms with van der Waals surface area (Å²) >= 11 is 0. The Morgan fingerprint density at radius 2 is 1.80 bits per heavy atom. The van der Waals surface area contributed by atoms with Crippen LogP contribution in [0.5, 0.6) is 0 Å². The minimum absolute atomic E-state index is 0.299. The average Bonchev–Trinajstić information content (AvgIpc) is 2.69. The Labute approximate surface area is 150 Å². The first-order valence-electron chi connectivity index (χ1n) is 9.81. The number of amides is 1. The van der Waals surface area contributed by atoms with Crippen molar-refractivity contribution in [3.8, 4) is 0 Å². The van der Waals surface area contributed by atoms with Crippen molar-refractivity contribution >= 4 is 11.7 Å². The lowest BCUT2D eigenvalue weighted by atomic mass is 9.75. The molecule has 0 N–H and O–H groups in total. The van der Waals surface area contributed by atoms with Crippen molar-refractivity contribution < 1.29 is 4.79 Å². The molecule has 0 unspecified atom stereocenters. The fraction of sp³-hybridized carbons (Fsp3) is 0.737. The van der Waals surface area contributed by atoms with Gasteiger partial charge in [0.05, 0.1) is 12.7 Å². The Hall–Kier alpha value is -1.69. The highest BCUT2D eigenvalue weighted by Crippen LogP contribution is 2.35. The Bertz CT molecular complexity index is 572. The zero-order valence-corrected chi connectivity index (χ0v) is 15.0. The maximum atomic E-state index is 12.7. The van der Waals surface area contributed by atoms with Crippen LogP contribution in [0, 0.1) is 11.8 Å². The number of fused-ring (bicyclic) bond motifs is 1. The van der Waals surface area contributed by atoms with Gasteiger partial charge in [-0.05, 0) is 31.2 Å². The topological polar surface area (TPSA) is 52.6 Å². The van der Waals surface area contributed by atoms with Crippen LogP contribution in [0.25, 0.3) is 0 Å². The van der Waals surface area contributed by atoms with Gasteiger partial charge in [-0.25, -0.2) is 4.98 Å². The van der Waals surface area contributed by atoms with E-state index in [1.165, 1.54) is 32.1 Å². The normalized spacial score (nSPS) is 27.8. The molecule has 1 aliphatic carbocycles. The molecule has 2 aliphatic heterocycles. The number of rotatable bonds is 3. The summed E-state index contributed by atoms with van der Waals surface area (Å²) in [6.45, 7) is 6.10. The standard InChI is InChI=1S/C19H29N5O/c25-19(15-22-8-5-16-3-1-2-4-17(16)14-22)24-11-9-23(10-12-24)18-13-20-6-7-21-18/h6-7,13,16-17H,1-5,8-12,14-15H2/t16-,17+/m0/s1. The average molecular weight is 343 g/mol. The van der Waals surface area contributed by atoms with Crippen LogP contribution < -0.4 is 4.90 Å². The van der Waals surface area contributed by atoms with Crippen molar-refractivity contribution in [2.75, 3.05) is 50.7 Å². The van der Waals surface area contributed by atoms with E-state index in [1.54, 1.807) is 18.6 Å². The van der Waals surface area contributed by atoms with Crippen molar-refractivity contribution in [3.63, 3.8) is 0 Å². The molecule has 25 heavy (non-hydrogen) atoms. The number of carbonyl (C=O) groups is 1. The van der Waals surface area contributed by atoms with E-state index in [0.717, 1.165) is 56.9 Å². The SMILES string of the molecule is O=C(CN1CC[C@@H]2CCCC[C@@H]2C1)N1CCN(c2cnccn2)CC1. The molecule has 3 fully saturated rings. The predicted octanol–water partition coefficient (Wildman–Crippen LogP) is 1.64. The van der Waals surface area contributed by atoms with Gasteiger partial charge in [-0.15, -0.1) is 0 Å². The second kappa shape index (κ2) is 7.68. The maximum absolute atomic E-state index is 12.7. The number of likely N-dealkylation sites (tertiary alicyclic amines) is 1. The van der Waals surface area contributed by atoms with Crippen molar-refractivity contribution in [2.45, 2.75) is 32.1 Å². The summed E-state index contributed by atoms with van der Waals surface area (Å²) in [4.78, 5) is 27.8. The molecule has 0 spiro atoms. The van der Waals surface area contributed by atoms with Crippen LogP contribution in [-0.2, 0) is 4.79 Å². The summed E-state index contributed by atoms with van der Waals surface area (Å²) in [5.74, 6) is 2.97. The van der Waals surface area contributed by atoms with Crippen LogP contribution in [-0.4, -0.2) is 71.5 Å². The van der Waals surface area contributed by atoms with Gasteiger partial charge in [-0.1, -0.05) is 19.3 Å². The number of carbonyl (C=O) groups excluding carboxylic acids is 1. The monoisotopic (exact) mass is 343 g/mol. The van der Waals surface area contributed by atoms with Crippen LogP contribution in [0.1, 0.15) is 32.1 Å². The van der Waals surface area contributed by atoms with E-state index in [2.05, 4.69) is 19.8 Å². The van der Waals surface area contributed by atoms with Crippen LogP contribution >= 0.6 is 0 Å². The van der Waals surface area contributed by atoms with E-state index in [-0.39, 0.29) is 0 Å². The molecule has 4 rings (SSSR count). The van der Waals surface area contributed by atoms with Gasteiger partial charge in [0.25, 0.3) is 0 Å². The first-order chi connectivity index (χ1) is 12.3. The van der Waals surface area contributed by atoms with E-state index in [9.17, 15) is 4.79 Å². The molecular weight excluding hydrogens is 314 g/mol. The van der Waals surface area contributed by atoms with Gasteiger partial charge in [-0.3, -0.25) is 14.7 Å². The molecule has 1 amide bonds. The van der Waals surface area contributed by atoms with Gasteiger partial charge in [0.15, 0.2) is 0 Å². The molecule has 0 aromatic carbocycles.